The highest BCUT2D eigenvalue weighted by Crippen LogP contribution is 2.20. The number of nitrogens with zero attached hydrogens (tertiary/aromatic N) is 6. The normalized spacial score (nSPS) is 19.7. The van der Waals surface area contributed by atoms with Crippen LogP contribution in [0.3, 0.4) is 0 Å². The third-order valence-corrected chi connectivity index (χ3v) is 4.23. The van der Waals surface area contributed by atoms with Crippen LogP contribution >= 0.6 is 0 Å². The molecule has 1 aromatic heterocycles. The summed E-state index contributed by atoms with van der Waals surface area (Å²) in [7, 11) is 0. The fourth-order valence-electron chi connectivity index (χ4n) is 2.83. The first-order valence-corrected chi connectivity index (χ1v) is 8.48. The van der Waals surface area contributed by atoms with E-state index in [2.05, 4.69) is 21.2 Å². The van der Waals surface area contributed by atoms with Crippen LogP contribution in [0.5, 0.6) is 0 Å². The van der Waals surface area contributed by atoms with Crippen molar-refractivity contribution in [2.45, 2.75) is 33.4 Å². The molecule has 0 saturated carbocycles. The number of aryl methyl sites for hydroxylation is 1. The van der Waals surface area contributed by atoms with Gasteiger partial charge in [0.15, 0.2) is 5.82 Å². The minimum atomic E-state index is -0.165. The minimum Gasteiger partial charge on any atom is -0.368 e. The van der Waals surface area contributed by atoms with Crippen molar-refractivity contribution < 1.29 is 9.53 Å². The van der Waals surface area contributed by atoms with E-state index in [1.165, 1.54) is 0 Å². The third kappa shape index (κ3) is 4.52. The molecule has 2 heterocycles. The zero-order valence-corrected chi connectivity index (χ0v) is 14.7. The largest absolute Gasteiger partial charge is 0.368 e. The van der Waals surface area contributed by atoms with Crippen LogP contribution in [0, 0.1) is 17.2 Å². The lowest BCUT2D eigenvalue weighted by molar-refractivity contribution is -0.134. The second kappa shape index (κ2) is 8.76. The summed E-state index contributed by atoms with van der Waals surface area (Å²) >= 11 is 0. The van der Waals surface area contributed by atoms with Crippen molar-refractivity contribution >= 4 is 5.91 Å². The highest BCUT2D eigenvalue weighted by Gasteiger charge is 2.28. The number of nitriles is 1. The smallest absolute Gasteiger partial charge is 0.236 e. The highest BCUT2D eigenvalue weighted by atomic mass is 16.5. The Morgan fingerprint density at radius 3 is 3.04 bits per heavy atom. The van der Waals surface area contributed by atoms with E-state index in [9.17, 15) is 4.79 Å². The molecule has 1 aliphatic rings. The molecular weight excluding hydrogens is 308 g/mol. The number of likely N-dealkylation sites (N-methyl/N-ethyl adjacent to an activating group) is 1. The first-order chi connectivity index (χ1) is 11.6. The summed E-state index contributed by atoms with van der Waals surface area (Å²) < 4.78 is 7.77. The van der Waals surface area contributed by atoms with Crippen LogP contribution in [-0.2, 0) is 16.1 Å². The summed E-state index contributed by atoms with van der Waals surface area (Å²) in [4.78, 5) is 16.3. The lowest BCUT2D eigenvalue weighted by atomic mass is 10.2. The Morgan fingerprint density at radius 2 is 2.38 bits per heavy atom. The van der Waals surface area contributed by atoms with Gasteiger partial charge in [0.2, 0.25) is 5.91 Å². The number of amides is 1. The summed E-state index contributed by atoms with van der Waals surface area (Å²) in [6, 6.07) is 2.18. The quantitative estimate of drug-likeness (QED) is 0.729. The van der Waals surface area contributed by atoms with Crippen molar-refractivity contribution in [1.82, 2.24) is 24.6 Å². The van der Waals surface area contributed by atoms with Crippen molar-refractivity contribution in [2.24, 2.45) is 5.92 Å². The van der Waals surface area contributed by atoms with E-state index >= 15 is 0 Å². The molecule has 1 aromatic rings. The average molecular weight is 334 g/mol. The first kappa shape index (κ1) is 18.4. The van der Waals surface area contributed by atoms with Crippen molar-refractivity contribution in [1.29, 1.82) is 5.26 Å². The number of morpholine rings is 1. The summed E-state index contributed by atoms with van der Waals surface area (Å²) in [6.07, 6.45) is 1.53. The van der Waals surface area contributed by atoms with Gasteiger partial charge in [-0.1, -0.05) is 0 Å². The number of carbonyl (C=O) groups excluding carboxylic acids is 1. The molecule has 0 spiro atoms. The lowest BCUT2D eigenvalue weighted by Gasteiger charge is -2.33. The maximum atomic E-state index is 12.5. The molecule has 1 fully saturated rings. The van der Waals surface area contributed by atoms with Crippen LogP contribution < -0.4 is 0 Å². The van der Waals surface area contributed by atoms with Crippen molar-refractivity contribution in [3.05, 3.63) is 12.2 Å². The molecule has 0 N–H and O–H groups in total. The van der Waals surface area contributed by atoms with Gasteiger partial charge in [0.25, 0.3) is 0 Å². The van der Waals surface area contributed by atoms with Gasteiger partial charge in [-0.3, -0.25) is 9.69 Å². The van der Waals surface area contributed by atoms with Gasteiger partial charge in [0, 0.05) is 32.7 Å². The van der Waals surface area contributed by atoms with Gasteiger partial charge in [-0.25, -0.2) is 0 Å². The molecule has 0 unspecified atom stereocenters. The van der Waals surface area contributed by atoms with E-state index < -0.39 is 0 Å². The zero-order valence-electron chi connectivity index (χ0n) is 14.7. The van der Waals surface area contributed by atoms with E-state index in [4.69, 9.17) is 10.00 Å². The summed E-state index contributed by atoms with van der Waals surface area (Å²) in [5, 5.41) is 17.0. The molecule has 0 aliphatic carbocycles. The van der Waals surface area contributed by atoms with Gasteiger partial charge in [0.1, 0.15) is 12.4 Å². The van der Waals surface area contributed by atoms with Gasteiger partial charge < -0.3 is 14.2 Å². The van der Waals surface area contributed by atoms with Crippen LogP contribution in [0.1, 0.15) is 32.7 Å². The molecule has 8 heteroatoms. The summed E-state index contributed by atoms with van der Waals surface area (Å²) in [5.41, 5.74) is 0. The number of carbonyl (C=O) groups is 1. The minimum absolute atomic E-state index is 0.0530. The number of hydrogen-bond donors (Lipinski definition) is 0. The van der Waals surface area contributed by atoms with Crippen LogP contribution in [0.4, 0.5) is 0 Å². The SMILES string of the molecule is CCN(C[C@@H](C)C#N)C(=O)CN1CCO[C@H](c2nncn2CC)C1. The maximum Gasteiger partial charge on any atom is 0.236 e. The molecule has 8 nitrogen and oxygen atoms in total. The zero-order chi connectivity index (χ0) is 17.5. The monoisotopic (exact) mass is 334 g/mol. The molecule has 132 valence electrons. The van der Waals surface area contributed by atoms with Crippen molar-refractivity contribution in [3.8, 4) is 6.07 Å². The first-order valence-electron chi connectivity index (χ1n) is 8.48. The summed E-state index contributed by atoms with van der Waals surface area (Å²) in [6.45, 7) is 9.92. The molecule has 0 aromatic carbocycles. The van der Waals surface area contributed by atoms with Crippen molar-refractivity contribution in [3.63, 3.8) is 0 Å². The van der Waals surface area contributed by atoms with E-state index in [-0.39, 0.29) is 17.9 Å². The summed E-state index contributed by atoms with van der Waals surface area (Å²) in [5.74, 6) is 0.701. The second-order valence-corrected chi connectivity index (χ2v) is 6.03. The van der Waals surface area contributed by atoms with E-state index in [0.717, 1.165) is 12.4 Å². The molecule has 1 saturated heterocycles. The fraction of sp³-hybridized carbons (Fsp3) is 0.750. The number of rotatable bonds is 7. The molecule has 0 radical (unpaired) electrons. The Labute approximate surface area is 143 Å². The number of ether oxygens (including phenoxy) is 1. The predicted molar refractivity (Wildman–Crippen MR) is 87.9 cm³/mol. The van der Waals surface area contributed by atoms with Crippen LogP contribution in [0.15, 0.2) is 6.33 Å². The Hall–Kier alpha value is -1.98. The Morgan fingerprint density at radius 1 is 1.58 bits per heavy atom. The van der Waals surface area contributed by atoms with Crippen LogP contribution in [-0.4, -0.2) is 69.8 Å². The number of aromatic nitrogens is 3. The van der Waals surface area contributed by atoms with Gasteiger partial charge in [-0.2, -0.15) is 5.26 Å². The standard InChI is InChI=1S/C16H26N6O2/c1-4-21(9-13(3)8-17)15(23)11-20-6-7-24-14(10-20)16-19-18-12-22(16)5-2/h12-14H,4-7,9-11H2,1-3H3/t13-,14-/m0/s1. The van der Waals surface area contributed by atoms with Crippen LogP contribution in [0.25, 0.3) is 0 Å². The molecule has 2 atom stereocenters. The fourth-order valence-corrected chi connectivity index (χ4v) is 2.83. The van der Waals surface area contributed by atoms with Crippen LogP contribution in [0.2, 0.25) is 0 Å². The molecular formula is C16H26N6O2. The van der Waals surface area contributed by atoms with Gasteiger partial charge >= 0.3 is 0 Å². The van der Waals surface area contributed by atoms with Gasteiger partial charge in [-0.15, -0.1) is 10.2 Å². The molecule has 1 amide bonds. The third-order valence-electron chi connectivity index (χ3n) is 4.23. The van der Waals surface area contributed by atoms with Crippen molar-refractivity contribution in [2.75, 3.05) is 39.3 Å². The van der Waals surface area contributed by atoms with Gasteiger partial charge in [0.05, 0.1) is 25.1 Å². The lowest BCUT2D eigenvalue weighted by Crippen LogP contribution is -2.46. The Bertz CT molecular complexity index is 581. The Kier molecular flexibility index (Phi) is 6.70. The topological polar surface area (TPSA) is 87.3 Å². The second-order valence-electron chi connectivity index (χ2n) is 6.03. The average Bonchev–Trinajstić information content (AvgIpc) is 3.08. The predicted octanol–water partition coefficient (Wildman–Crippen LogP) is 0.679. The molecule has 0 bridgehead atoms. The maximum absolute atomic E-state index is 12.5. The van der Waals surface area contributed by atoms with E-state index in [1.54, 1.807) is 11.2 Å². The molecule has 1 aliphatic heterocycles. The molecule has 24 heavy (non-hydrogen) atoms. The highest BCUT2D eigenvalue weighted by molar-refractivity contribution is 5.78. The van der Waals surface area contributed by atoms with E-state index in [0.29, 0.717) is 39.3 Å². The van der Waals surface area contributed by atoms with E-state index in [1.807, 2.05) is 25.3 Å². The Balaban J connectivity index is 1.95. The number of hydrogen-bond acceptors (Lipinski definition) is 6. The van der Waals surface area contributed by atoms with Gasteiger partial charge in [-0.05, 0) is 20.8 Å². The molecule has 2 rings (SSSR count).